The first-order chi connectivity index (χ1) is 8.74. The number of amides is 1. The fourth-order valence-electron chi connectivity index (χ4n) is 1.41. The largest absolute Gasteiger partial charge is 0.497 e. The molecule has 0 saturated carbocycles. The summed E-state index contributed by atoms with van der Waals surface area (Å²) < 4.78 is 10.2. The van der Waals surface area contributed by atoms with Crippen LogP contribution in [0, 0.1) is 0 Å². The van der Waals surface area contributed by atoms with E-state index in [-0.39, 0.29) is 5.82 Å². The maximum atomic E-state index is 11.8. The number of carbonyl (C=O) groups excluding carboxylic acids is 1. The molecule has 94 valence electrons. The molecular weight excluding hydrogens is 236 g/mol. The summed E-state index contributed by atoms with van der Waals surface area (Å²) >= 11 is 0. The first-order valence-corrected chi connectivity index (χ1v) is 5.13. The molecule has 0 atom stereocenters. The summed E-state index contributed by atoms with van der Waals surface area (Å²) in [6, 6.07) is 5.10. The molecule has 0 spiro atoms. The van der Waals surface area contributed by atoms with Crippen LogP contribution in [0.1, 0.15) is 10.6 Å². The molecule has 0 unspecified atom stereocenters. The Morgan fingerprint density at radius 2 is 2.17 bits per heavy atom. The number of hydrogen-bond acceptors (Lipinski definition) is 5. The van der Waals surface area contributed by atoms with Gasteiger partial charge in [-0.2, -0.15) is 5.10 Å². The van der Waals surface area contributed by atoms with Crippen molar-refractivity contribution in [1.29, 1.82) is 0 Å². The number of nitrogens with zero attached hydrogens (tertiary/aromatic N) is 2. The number of carbonyl (C=O) groups is 1. The Kier molecular flexibility index (Phi) is 3.42. The number of rotatable bonds is 4. The Hall–Kier alpha value is -2.57. The Labute approximate surface area is 103 Å². The van der Waals surface area contributed by atoms with Gasteiger partial charge in [-0.1, -0.05) is 0 Å². The van der Waals surface area contributed by atoms with E-state index in [1.165, 1.54) is 13.4 Å². The first kappa shape index (κ1) is 11.9. The van der Waals surface area contributed by atoms with E-state index in [0.29, 0.717) is 17.2 Å². The zero-order valence-corrected chi connectivity index (χ0v) is 9.93. The molecule has 1 aromatic heterocycles. The summed E-state index contributed by atoms with van der Waals surface area (Å²) in [7, 11) is 3.07. The van der Waals surface area contributed by atoms with E-state index in [1.54, 1.807) is 25.3 Å². The average molecular weight is 248 g/mol. The van der Waals surface area contributed by atoms with E-state index >= 15 is 0 Å². The number of nitrogens with one attached hydrogen (secondary N) is 2. The predicted molar refractivity (Wildman–Crippen MR) is 63.9 cm³/mol. The highest BCUT2D eigenvalue weighted by Crippen LogP contribution is 2.28. The Morgan fingerprint density at radius 1 is 1.33 bits per heavy atom. The molecule has 7 heteroatoms. The first-order valence-electron chi connectivity index (χ1n) is 5.13. The van der Waals surface area contributed by atoms with Crippen LogP contribution >= 0.6 is 0 Å². The van der Waals surface area contributed by atoms with E-state index in [9.17, 15) is 4.79 Å². The third-order valence-corrected chi connectivity index (χ3v) is 2.28. The van der Waals surface area contributed by atoms with Crippen molar-refractivity contribution in [2.45, 2.75) is 0 Å². The molecule has 0 bridgehead atoms. The third kappa shape index (κ3) is 2.40. The molecule has 0 fully saturated rings. The number of benzene rings is 1. The maximum Gasteiger partial charge on any atom is 0.293 e. The van der Waals surface area contributed by atoms with Crippen LogP contribution < -0.4 is 14.8 Å². The standard InChI is InChI=1S/C11H12N4O3/c1-17-7-3-4-9(18-2)8(5-7)14-11(16)10-12-6-13-15-10/h3-6H,1-2H3,(H,14,16)(H,12,13,15). The smallest absolute Gasteiger partial charge is 0.293 e. The Bertz CT molecular complexity index is 539. The van der Waals surface area contributed by atoms with Gasteiger partial charge in [-0.05, 0) is 12.1 Å². The molecule has 1 amide bonds. The van der Waals surface area contributed by atoms with Gasteiger partial charge in [0, 0.05) is 6.07 Å². The summed E-state index contributed by atoms with van der Waals surface area (Å²) in [4.78, 5) is 15.6. The lowest BCUT2D eigenvalue weighted by molar-refractivity contribution is 0.101. The second-order valence-corrected chi connectivity index (χ2v) is 3.35. The molecule has 2 N–H and O–H groups in total. The maximum absolute atomic E-state index is 11.8. The topological polar surface area (TPSA) is 89.1 Å². The number of ether oxygens (including phenoxy) is 2. The van der Waals surface area contributed by atoms with Crippen LogP contribution in [-0.4, -0.2) is 35.3 Å². The normalized spacial score (nSPS) is 9.89. The SMILES string of the molecule is COc1ccc(OC)c(NC(=O)c2ncn[nH]2)c1. The minimum Gasteiger partial charge on any atom is -0.497 e. The van der Waals surface area contributed by atoms with Gasteiger partial charge in [0.05, 0.1) is 19.9 Å². The molecule has 2 aromatic rings. The fraction of sp³-hybridized carbons (Fsp3) is 0.182. The Morgan fingerprint density at radius 3 is 2.78 bits per heavy atom. The number of anilines is 1. The zero-order valence-electron chi connectivity index (χ0n) is 9.93. The summed E-state index contributed by atoms with van der Waals surface area (Å²) in [6.45, 7) is 0. The Balaban J connectivity index is 2.24. The quantitative estimate of drug-likeness (QED) is 0.844. The molecule has 0 aliphatic heterocycles. The van der Waals surface area contributed by atoms with E-state index in [4.69, 9.17) is 9.47 Å². The molecule has 0 saturated heterocycles. The van der Waals surface area contributed by atoms with E-state index in [0.717, 1.165) is 0 Å². The highest BCUT2D eigenvalue weighted by atomic mass is 16.5. The number of aromatic nitrogens is 3. The molecule has 18 heavy (non-hydrogen) atoms. The van der Waals surface area contributed by atoms with Crippen molar-refractivity contribution < 1.29 is 14.3 Å². The van der Waals surface area contributed by atoms with Crippen molar-refractivity contribution in [3.8, 4) is 11.5 Å². The fourth-order valence-corrected chi connectivity index (χ4v) is 1.41. The zero-order chi connectivity index (χ0) is 13.0. The summed E-state index contributed by atoms with van der Waals surface area (Å²) in [6.07, 6.45) is 1.26. The van der Waals surface area contributed by atoms with Gasteiger partial charge in [0.15, 0.2) is 0 Å². The van der Waals surface area contributed by atoms with Crippen LogP contribution in [0.25, 0.3) is 0 Å². The predicted octanol–water partition coefficient (Wildman–Crippen LogP) is 1.07. The molecular formula is C11H12N4O3. The lowest BCUT2D eigenvalue weighted by atomic mass is 10.2. The number of aromatic amines is 1. The lowest BCUT2D eigenvalue weighted by Gasteiger charge is -2.10. The van der Waals surface area contributed by atoms with Gasteiger partial charge in [0.2, 0.25) is 5.82 Å². The van der Waals surface area contributed by atoms with Gasteiger partial charge in [-0.3, -0.25) is 9.89 Å². The van der Waals surface area contributed by atoms with Crippen molar-refractivity contribution >= 4 is 11.6 Å². The molecule has 7 nitrogen and oxygen atoms in total. The van der Waals surface area contributed by atoms with Crippen LogP contribution in [0.15, 0.2) is 24.5 Å². The summed E-state index contributed by atoms with van der Waals surface area (Å²) in [5.74, 6) is 0.867. The van der Waals surface area contributed by atoms with Crippen molar-refractivity contribution in [3.05, 3.63) is 30.4 Å². The minimum absolute atomic E-state index is 0.125. The molecule has 0 aliphatic rings. The highest BCUT2D eigenvalue weighted by molar-refractivity contribution is 6.02. The van der Waals surface area contributed by atoms with Crippen LogP contribution in [0.3, 0.4) is 0 Å². The van der Waals surface area contributed by atoms with Crippen molar-refractivity contribution in [2.24, 2.45) is 0 Å². The second-order valence-electron chi connectivity index (χ2n) is 3.35. The number of methoxy groups -OCH3 is 2. The van der Waals surface area contributed by atoms with Crippen LogP contribution in [0.5, 0.6) is 11.5 Å². The van der Waals surface area contributed by atoms with E-state index < -0.39 is 5.91 Å². The average Bonchev–Trinajstić information content (AvgIpc) is 2.92. The van der Waals surface area contributed by atoms with Crippen molar-refractivity contribution in [1.82, 2.24) is 15.2 Å². The minimum atomic E-state index is -0.404. The monoisotopic (exact) mass is 248 g/mol. The van der Waals surface area contributed by atoms with E-state index in [2.05, 4.69) is 20.5 Å². The van der Waals surface area contributed by atoms with Crippen LogP contribution in [-0.2, 0) is 0 Å². The van der Waals surface area contributed by atoms with Crippen LogP contribution in [0.2, 0.25) is 0 Å². The molecule has 2 rings (SSSR count). The van der Waals surface area contributed by atoms with Crippen molar-refractivity contribution in [2.75, 3.05) is 19.5 Å². The summed E-state index contributed by atoms with van der Waals surface area (Å²) in [5.41, 5.74) is 0.498. The summed E-state index contributed by atoms with van der Waals surface area (Å²) in [5, 5.41) is 8.75. The molecule has 0 aliphatic carbocycles. The molecule has 1 heterocycles. The van der Waals surface area contributed by atoms with Gasteiger partial charge in [0.25, 0.3) is 5.91 Å². The van der Waals surface area contributed by atoms with Gasteiger partial charge >= 0.3 is 0 Å². The number of H-pyrrole nitrogens is 1. The van der Waals surface area contributed by atoms with Gasteiger partial charge < -0.3 is 14.8 Å². The third-order valence-electron chi connectivity index (χ3n) is 2.28. The van der Waals surface area contributed by atoms with Gasteiger partial charge in [-0.25, -0.2) is 4.98 Å². The molecule has 0 radical (unpaired) electrons. The van der Waals surface area contributed by atoms with Gasteiger partial charge in [-0.15, -0.1) is 0 Å². The van der Waals surface area contributed by atoms with E-state index in [1.807, 2.05) is 0 Å². The molecule has 1 aromatic carbocycles. The highest BCUT2D eigenvalue weighted by Gasteiger charge is 2.12. The van der Waals surface area contributed by atoms with Crippen LogP contribution in [0.4, 0.5) is 5.69 Å². The second kappa shape index (κ2) is 5.17. The van der Waals surface area contributed by atoms with Crippen molar-refractivity contribution in [3.63, 3.8) is 0 Å². The number of hydrogen-bond donors (Lipinski definition) is 2. The lowest BCUT2D eigenvalue weighted by Crippen LogP contribution is -2.14. The van der Waals surface area contributed by atoms with Gasteiger partial charge in [0.1, 0.15) is 17.8 Å².